The zero-order valence-electron chi connectivity index (χ0n) is 14.0. The van der Waals surface area contributed by atoms with Gasteiger partial charge in [0.25, 0.3) is 0 Å². The third-order valence-corrected chi connectivity index (χ3v) is 4.70. The van der Waals surface area contributed by atoms with Crippen molar-refractivity contribution in [1.82, 2.24) is 10.2 Å². The largest absolute Gasteiger partial charge is 0.497 e. The Morgan fingerprint density at radius 3 is 2.17 bits per heavy atom. The fourth-order valence-electron chi connectivity index (χ4n) is 3.24. The number of methoxy groups -OCH3 is 1. The van der Waals surface area contributed by atoms with E-state index in [1.54, 1.807) is 7.11 Å². The SMILES string of the molecule is COc1ccc([C@H](NC2CCN(C)CC2)c2ccccc2)cc1. The maximum Gasteiger partial charge on any atom is 0.118 e. The number of hydrogen-bond acceptors (Lipinski definition) is 3. The van der Waals surface area contributed by atoms with Crippen molar-refractivity contribution in [3.63, 3.8) is 0 Å². The first kappa shape index (κ1) is 16.0. The maximum atomic E-state index is 5.29. The number of hydrogen-bond donors (Lipinski definition) is 1. The van der Waals surface area contributed by atoms with Crippen LogP contribution in [0.4, 0.5) is 0 Å². The Kier molecular flexibility index (Phi) is 5.31. The van der Waals surface area contributed by atoms with Gasteiger partial charge in [0.1, 0.15) is 5.75 Å². The second kappa shape index (κ2) is 7.62. The van der Waals surface area contributed by atoms with Crippen molar-refractivity contribution in [1.29, 1.82) is 0 Å². The smallest absolute Gasteiger partial charge is 0.118 e. The summed E-state index contributed by atoms with van der Waals surface area (Å²) in [6.07, 6.45) is 2.41. The van der Waals surface area contributed by atoms with E-state index in [9.17, 15) is 0 Å². The van der Waals surface area contributed by atoms with Crippen LogP contribution in [0.2, 0.25) is 0 Å². The van der Waals surface area contributed by atoms with E-state index in [0.717, 1.165) is 5.75 Å². The second-order valence-corrected chi connectivity index (χ2v) is 6.36. The molecule has 1 aliphatic heterocycles. The molecule has 23 heavy (non-hydrogen) atoms. The van der Waals surface area contributed by atoms with Crippen molar-refractivity contribution in [2.75, 3.05) is 27.2 Å². The van der Waals surface area contributed by atoms with Gasteiger partial charge < -0.3 is 15.0 Å². The highest BCUT2D eigenvalue weighted by molar-refractivity contribution is 5.35. The van der Waals surface area contributed by atoms with Crippen molar-refractivity contribution >= 4 is 0 Å². The van der Waals surface area contributed by atoms with Gasteiger partial charge in [-0.05, 0) is 56.2 Å². The van der Waals surface area contributed by atoms with Crippen molar-refractivity contribution < 1.29 is 4.74 Å². The normalized spacial score (nSPS) is 17.8. The van der Waals surface area contributed by atoms with Crippen molar-refractivity contribution in [2.45, 2.75) is 24.9 Å². The molecule has 0 amide bonds. The van der Waals surface area contributed by atoms with E-state index in [0.29, 0.717) is 6.04 Å². The first-order valence-electron chi connectivity index (χ1n) is 8.40. The summed E-state index contributed by atoms with van der Waals surface area (Å²) in [7, 11) is 3.91. The van der Waals surface area contributed by atoms with Gasteiger partial charge in [-0.15, -0.1) is 0 Å². The standard InChI is InChI=1S/C20H26N2O/c1-22-14-12-18(13-15-22)21-20(16-6-4-3-5-7-16)17-8-10-19(23-2)11-9-17/h3-11,18,20-21H,12-15H2,1-2H3/t20-/m1/s1. The molecule has 0 saturated carbocycles. The van der Waals surface area contributed by atoms with Crippen LogP contribution in [0.25, 0.3) is 0 Å². The molecule has 0 bridgehead atoms. The van der Waals surface area contributed by atoms with Crippen LogP contribution >= 0.6 is 0 Å². The quantitative estimate of drug-likeness (QED) is 0.915. The van der Waals surface area contributed by atoms with E-state index in [1.165, 1.54) is 37.1 Å². The summed E-state index contributed by atoms with van der Waals surface area (Å²) < 4.78 is 5.29. The zero-order chi connectivity index (χ0) is 16.1. The average molecular weight is 310 g/mol. The van der Waals surface area contributed by atoms with E-state index in [1.807, 2.05) is 12.1 Å². The lowest BCUT2D eigenvalue weighted by molar-refractivity contribution is 0.229. The molecule has 0 unspecified atom stereocenters. The predicted molar refractivity (Wildman–Crippen MR) is 94.9 cm³/mol. The van der Waals surface area contributed by atoms with E-state index in [4.69, 9.17) is 4.74 Å². The van der Waals surface area contributed by atoms with Crippen LogP contribution in [-0.2, 0) is 0 Å². The first-order chi connectivity index (χ1) is 11.3. The Hall–Kier alpha value is -1.84. The molecule has 3 rings (SSSR count). The number of nitrogens with one attached hydrogen (secondary N) is 1. The summed E-state index contributed by atoms with van der Waals surface area (Å²) in [5.74, 6) is 0.903. The molecule has 122 valence electrons. The number of ether oxygens (including phenoxy) is 1. The molecular formula is C20H26N2O. The molecular weight excluding hydrogens is 284 g/mol. The molecule has 3 heteroatoms. The minimum atomic E-state index is 0.232. The number of rotatable bonds is 5. The van der Waals surface area contributed by atoms with E-state index in [2.05, 4.69) is 59.7 Å². The van der Waals surface area contributed by atoms with Gasteiger partial charge in [-0.1, -0.05) is 42.5 Å². The number of benzene rings is 2. The minimum absolute atomic E-state index is 0.232. The fourth-order valence-corrected chi connectivity index (χ4v) is 3.24. The van der Waals surface area contributed by atoms with Gasteiger partial charge in [-0.3, -0.25) is 0 Å². The van der Waals surface area contributed by atoms with Crippen LogP contribution in [0.15, 0.2) is 54.6 Å². The van der Waals surface area contributed by atoms with Gasteiger partial charge in [0.05, 0.1) is 13.2 Å². The molecule has 0 spiro atoms. The summed E-state index contributed by atoms with van der Waals surface area (Å²) in [6.45, 7) is 2.34. The molecule has 1 fully saturated rings. The third kappa shape index (κ3) is 4.12. The van der Waals surface area contributed by atoms with Crippen molar-refractivity contribution in [3.8, 4) is 5.75 Å². The van der Waals surface area contributed by atoms with E-state index >= 15 is 0 Å². The van der Waals surface area contributed by atoms with Crippen LogP contribution in [0.1, 0.15) is 30.0 Å². The highest BCUT2D eigenvalue weighted by Gasteiger charge is 2.22. The summed E-state index contributed by atoms with van der Waals surface area (Å²) in [6, 6.07) is 19.9. The fraction of sp³-hybridized carbons (Fsp3) is 0.400. The Balaban J connectivity index is 1.81. The molecule has 0 aliphatic carbocycles. The Bertz CT molecular complexity index is 589. The molecule has 1 aliphatic rings. The molecule has 0 radical (unpaired) electrons. The number of likely N-dealkylation sites (tertiary alicyclic amines) is 1. The molecule has 3 nitrogen and oxygen atoms in total. The Morgan fingerprint density at radius 1 is 0.957 bits per heavy atom. The molecule has 1 atom stereocenters. The summed E-state index contributed by atoms with van der Waals surface area (Å²) in [5, 5.41) is 3.88. The predicted octanol–water partition coefficient (Wildman–Crippen LogP) is 3.47. The molecule has 1 N–H and O–H groups in total. The lowest BCUT2D eigenvalue weighted by Gasteiger charge is -2.33. The second-order valence-electron chi connectivity index (χ2n) is 6.36. The summed E-state index contributed by atoms with van der Waals surface area (Å²) in [5.41, 5.74) is 2.60. The monoisotopic (exact) mass is 310 g/mol. The minimum Gasteiger partial charge on any atom is -0.497 e. The molecule has 2 aromatic carbocycles. The van der Waals surface area contributed by atoms with E-state index in [-0.39, 0.29) is 6.04 Å². The highest BCUT2D eigenvalue weighted by atomic mass is 16.5. The highest BCUT2D eigenvalue weighted by Crippen LogP contribution is 2.26. The lowest BCUT2D eigenvalue weighted by Crippen LogP contribution is -2.42. The van der Waals surface area contributed by atoms with Gasteiger partial charge >= 0.3 is 0 Å². The van der Waals surface area contributed by atoms with Crippen LogP contribution in [0.5, 0.6) is 5.75 Å². The van der Waals surface area contributed by atoms with Gasteiger partial charge in [-0.25, -0.2) is 0 Å². The average Bonchev–Trinajstić information content (AvgIpc) is 2.62. The summed E-state index contributed by atoms with van der Waals surface area (Å²) >= 11 is 0. The van der Waals surface area contributed by atoms with Crippen molar-refractivity contribution in [2.24, 2.45) is 0 Å². The van der Waals surface area contributed by atoms with Gasteiger partial charge in [0.2, 0.25) is 0 Å². The number of piperidine rings is 1. The lowest BCUT2D eigenvalue weighted by atomic mass is 9.95. The molecule has 0 aromatic heterocycles. The van der Waals surface area contributed by atoms with Crippen LogP contribution in [0.3, 0.4) is 0 Å². The van der Waals surface area contributed by atoms with Crippen LogP contribution in [-0.4, -0.2) is 38.2 Å². The Labute approximate surface area is 139 Å². The van der Waals surface area contributed by atoms with Crippen LogP contribution < -0.4 is 10.1 Å². The van der Waals surface area contributed by atoms with Crippen molar-refractivity contribution in [3.05, 3.63) is 65.7 Å². The Morgan fingerprint density at radius 2 is 1.57 bits per heavy atom. The number of nitrogens with zero attached hydrogens (tertiary/aromatic N) is 1. The molecule has 2 aromatic rings. The van der Waals surface area contributed by atoms with Gasteiger partial charge in [0.15, 0.2) is 0 Å². The topological polar surface area (TPSA) is 24.5 Å². The molecule has 1 heterocycles. The zero-order valence-corrected chi connectivity index (χ0v) is 14.0. The first-order valence-corrected chi connectivity index (χ1v) is 8.40. The van der Waals surface area contributed by atoms with Gasteiger partial charge in [0, 0.05) is 6.04 Å². The third-order valence-electron chi connectivity index (χ3n) is 4.70. The van der Waals surface area contributed by atoms with Gasteiger partial charge in [-0.2, -0.15) is 0 Å². The van der Waals surface area contributed by atoms with E-state index < -0.39 is 0 Å². The maximum absolute atomic E-state index is 5.29. The summed E-state index contributed by atoms with van der Waals surface area (Å²) in [4.78, 5) is 2.41. The molecule has 1 saturated heterocycles. The van der Waals surface area contributed by atoms with Crippen LogP contribution in [0, 0.1) is 0 Å².